The maximum Gasteiger partial charge on any atom is 0.238 e. The number of carbonyl (C=O) groups is 1. The van der Waals surface area contributed by atoms with Gasteiger partial charge in [0.05, 0.1) is 10.8 Å². The SMILES string of the molecule is CC(C)C(CN)C(=O)NCc1cccc(S(N)(=O)=O)c1. The Bertz CT molecular complexity index is 570. The summed E-state index contributed by atoms with van der Waals surface area (Å²) in [7, 11) is -3.73. The number of hydrogen-bond acceptors (Lipinski definition) is 4. The minimum atomic E-state index is -3.73. The number of benzene rings is 1. The van der Waals surface area contributed by atoms with E-state index in [0.717, 1.165) is 0 Å². The molecule has 0 aliphatic carbocycles. The van der Waals surface area contributed by atoms with Crippen molar-refractivity contribution in [2.75, 3.05) is 6.54 Å². The summed E-state index contributed by atoms with van der Waals surface area (Å²) in [4.78, 5) is 12.0. The average molecular weight is 299 g/mol. The first kappa shape index (κ1) is 16.6. The number of nitrogens with two attached hydrogens (primary N) is 2. The number of nitrogens with one attached hydrogen (secondary N) is 1. The molecule has 1 aromatic rings. The molecule has 20 heavy (non-hydrogen) atoms. The van der Waals surface area contributed by atoms with Crippen LogP contribution in [0.5, 0.6) is 0 Å². The summed E-state index contributed by atoms with van der Waals surface area (Å²) >= 11 is 0. The van der Waals surface area contributed by atoms with Gasteiger partial charge in [0.25, 0.3) is 0 Å². The van der Waals surface area contributed by atoms with Gasteiger partial charge in [-0.1, -0.05) is 26.0 Å². The van der Waals surface area contributed by atoms with E-state index in [4.69, 9.17) is 10.9 Å². The van der Waals surface area contributed by atoms with E-state index in [0.29, 0.717) is 5.56 Å². The molecule has 112 valence electrons. The van der Waals surface area contributed by atoms with Crippen molar-refractivity contribution >= 4 is 15.9 Å². The number of sulfonamides is 1. The Kier molecular flexibility index (Phi) is 5.67. The lowest BCUT2D eigenvalue weighted by Crippen LogP contribution is -2.37. The van der Waals surface area contributed by atoms with Gasteiger partial charge in [-0.3, -0.25) is 4.79 Å². The third kappa shape index (κ3) is 4.59. The highest BCUT2D eigenvalue weighted by Gasteiger charge is 2.20. The molecule has 0 saturated carbocycles. The molecule has 6 nitrogen and oxygen atoms in total. The smallest absolute Gasteiger partial charge is 0.238 e. The zero-order valence-electron chi connectivity index (χ0n) is 11.7. The van der Waals surface area contributed by atoms with Gasteiger partial charge in [0.2, 0.25) is 15.9 Å². The van der Waals surface area contributed by atoms with E-state index >= 15 is 0 Å². The first-order valence-corrected chi connectivity index (χ1v) is 7.90. The predicted molar refractivity (Wildman–Crippen MR) is 77.0 cm³/mol. The fourth-order valence-corrected chi connectivity index (χ4v) is 2.42. The summed E-state index contributed by atoms with van der Waals surface area (Å²) in [6.07, 6.45) is 0. The standard InChI is InChI=1S/C13H21N3O3S/c1-9(2)12(7-14)13(17)16-8-10-4-3-5-11(6-10)20(15,18)19/h3-6,9,12H,7-8,14H2,1-2H3,(H,16,17)(H2,15,18,19). The van der Waals surface area contributed by atoms with Gasteiger partial charge in [-0.15, -0.1) is 0 Å². The van der Waals surface area contributed by atoms with E-state index < -0.39 is 10.0 Å². The Morgan fingerprint density at radius 2 is 2.00 bits per heavy atom. The fourth-order valence-electron chi connectivity index (χ4n) is 1.83. The van der Waals surface area contributed by atoms with Crippen LogP contribution in [0.1, 0.15) is 19.4 Å². The first-order chi connectivity index (χ1) is 9.25. The third-order valence-corrected chi connectivity index (χ3v) is 4.00. The molecular weight excluding hydrogens is 278 g/mol. The molecular formula is C13H21N3O3S. The van der Waals surface area contributed by atoms with E-state index in [-0.39, 0.29) is 35.7 Å². The van der Waals surface area contributed by atoms with E-state index in [1.54, 1.807) is 12.1 Å². The fraction of sp³-hybridized carbons (Fsp3) is 0.462. The van der Waals surface area contributed by atoms with Gasteiger partial charge in [0.15, 0.2) is 0 Å². The van der Waals surface area contributed by atoms with E-state index in [1.807, 2.05) is 13.8 Å². The maximum absolute atomic E-state index is 11.9. The van der Waals surface area contributed by atoms with Crippen molar-refractivity contribution in [3.63, 3.8) is 0 Å². The summed E-state index contributed by atoms with van der Waals surface area (Å²) in [6, 6.07) is 6.17. The average Bonchev–Trinajstić information content (AvgIpc) is 2.36. The van der Waals surface area contributed by atoms with Crippen molar-refractivity contribution in [3.05, 3.63) is 29.8 Å². The van der Waals surface area contributed by atoms with Crippen LogP contribution >= 0.6 is 0 Å². The zero-order chi connectivity index (χ0) is 15.3. The molecule has 1 atom stereocenters. The number of hydrogen-bond donors (Lipinski definition) is 3. The van der Waals surface area contributed by atoms with E-state index in [1.165, 1.54) is 12.1 Å². The van der Waals surface area contributed by atoms with Crippen LogP contribution in [0.2, 0.25) is 0 Å². The number of amides is 1. The molecule has 1 unspecified atom stereocenters. The molecule has 0 radical (unpaired) electrons. The molecule has 0 aliphatic rings. The minimum absolute atomic E-state index is 0.0310. The van der Waals surface area contributed by atoms with Crippen molar-refractivity contribution in [2.24, 2.45) is 22.7 Å². The van der Waals surface area contributed by atoms with Crippen molar-refractivity contribution in [1.82, 2.24) is 5.32 Å². The quantitative estimate of drug-likeness (QED) is 0.695. The van der Waals surface area contributed by atoms with Crippen LogP contribution in [-0.2, 0) is 21.4 Å². The Morgan fingerprint density at radius 3 is 2.50 bits per heavy atom. The van der Waals surface area contributed by atoms with Gasteiger partial charge in [0, 0.05) is 13.1 Å². The second kappa shape index (κ2) is 6.83. The van der Waals surface area contributed by atoms with E-state index in [9.17, 15) is 13.2 Å². The number of rotatable bonds is 6. The maximum atomic E-state index is 11.9. The first-order valence-electron chi connectivity index (χ1n) is 6.35. The Hall–Kier alpha value is -1.44. The zero-order valence-corrected chi connectivity index (χ0v) is 12.5. The molecule has 0 fully saturated rings. The molecule has 0 heterocycles. The molecule has 0 saturated heterocycles. The molecule has 1 amide bonds. The van der Waals surface area contributed by atoms with Crippen LogP contribution in [0.25, 0.3) is 0 Å². The van der Waals surface area contributed by atoms with Crippen LogP contribution < -0.4 is 16.2 Å². The van der Waals surface area contributed by atoms with Crippen LogP contribution in [0.15, 0.2) is 29.2 Å². The summed E-state index contributed by atoms with van der Waals surface area (Å²) in [5, 5.41) is 7.81. The molecule has 0 aromatic heterocycles. The largest absolute Gasteiger partial charge is 0.352 e. The lowest BCUT2D eigenvalue weighted by atomic mass is 9.95. The molecule has 0 spiro atoms. The highest BCUT2D eigenvalue weighted by Crippen LogP contribution is 2.12. The van der Waals surface area contributed by atoms with Crippen molar-refractivity contribution in [1.29, 1.82) is 0 Å². The van der Waals surface area contributed by atoms with Gasteiger partial charge in [0.1, 0.15) is 0 Å². The number of carbonyl (C=O) groups excluding carboxylic acids is 1. The van der Waals surface area contributed by atoms with Gasteiger partial charge >= 0.3 is 0 Å². The topological polar surface area (TPSA) is 115 Å². The van der Waals surface area contributed by atoms with Gasteiger partial charge in [-0.2, -0.15) is 0 Å². The second-order valence-electron chi connectivity index (χ2n) is 5.00. The molecule has 7 heteroatoms. The third-order valence-electron chi connectivity index (χ3n) is 3.09. The van der Waals surface area contributed by atoms with Crippen molar-refractivity contribution < 1.29 is 13.2 Å². The molecule has 5 N–H and O–H groups in total. The lowest BCUT2D eigenvalue weighted by Gasteiger charge is -2.18. The molecule has 0 aliphatic heterocycles. The van der Waals surface area contributed by atoms with Gasteiger partial charge in [-0.05, 0) is 23.6 Å². The van der Waals surface area contributed by atoms with Crippen LogP contribution in [0.3, 0.4) is 0 Å². The Balaban J connectivity index is 2.74. The monoisotopic (exact) mass is 299 g/mol. The lowest BCUT2D eigenvalue weighted by molar-refractivity contribution is -0.126. The molecule has 1 aromatic carbocycles. The summed E-state index contributed by atoms with van der Waals surface area (Å²) < 4.78 is 22.5. The Morgan fingerprint density at radius 1 is 1.35 bits per heavy atom. The highest BCUT2D eigenvalue weighted by molar-refractivity contribution is 7.89. The predicted octanol–water partition coefficient (Wildman–Crippen LogP) is 0.181. The van der Waals surface area contributed by atoms with Crippen LogP contribution in [-0.4, -0.2) is 20.9 Å². The summed E-state index contributed by atoms with van der Waals surface area (Å²) in [6.45, 7) is 4.38. The van der Waals surface area contributed by atoms with Crippen molar-refractivity contribution in [2.45, 2.75) is 25.3 Å². The van der Waals surface area contributed by atoms with Gasteiger partial charge < -0.3 is 11.1 Å². The normalized spacial score (nSPS) is 13.2. The van der Waals surface area contributed by atoms with Crippen LogP contribution in [0, 0.1) is 11.8 Å². The van der Waals surface area contributed by atoms with Crippen LogP contribution in [0.4, 0.5) is 0 Å². The van der Waals surface area contributed by atoms with E-state index in [2.05, 4.69) is 5.32 Å². The summed E-state index contributed by atoms with van der Waals surface area (Å²) in [5.74, 6) is -0.240. The highest BCUT2D eigenvalue weighted by atomic mass is 32.2. The minimum Gasteiger partial charge on any atom is -0.352 e. The van der Waals surface area contributed by atoms with Crippen molar-refractivity contribution in [3.8, 4) is 0 Å². The summed E-state index contributed by atoms with van der Waals surface area (Å²) in [5.41, 5.74) is 6.24. The number of primary sulfonamides is 1. The Labute approximate surface area is 119 Å². The van der Waals surface area contributed by atoms with Gasteiger partial charge in [-0.25, -0.2) is 13.6 Å². The molecule has 0 bridgehead atoms. The second-order valence-corrected chi connectivity index (χ2v) is 6.56. The molecule has 1 rings (SSSR count).